The van der Waals surface area contributed by atoms with Gasteiger partial charge in [0.15, 0.2) is 0 Å². The number of benzene rings is 2. The highest BCUT2D eigenvalue weighted by atomic mass is 19.4. The zero-order valence-corrected chi connectivity index (χ0v) is 15.0. The summed E-state index contributed by atoms with van der Waals surface area (Å²) >= 11 is 0. The topological polar surface area (TPSA) is 62.4 Å². The van der Waals surface area contributed by atoms with Crippen molar-refractivity contribution in [3.63, 3.8) is 0 Å². The molecule has 0 bridgehead atoms. The van der Waals surface area contributed by atoms with Crippen molar-refractivity contribution in [2.75, 3.05) is 5.32 Å². The summed E-state index contributed by atoms with van der Waals surface area (Å²) in [6.07, 6.45) is -2.13. The number of halogens is 4. The van der Waals surface area contributed by atoms with Gasteiger partial charge in [-0.25, -0.2) is 4.39 Å². The largest absolute Gasteiger partial charge is 0.456 e. The van der Waals surface area contributed by atoms with Crippen molar-refractivity contribution in [3.8, 4) is 11.5 Å². The Labute approximate surface area is 162 Å². The lowest BCUT2D eigenvalue weighted by Gasteiger charge is -2.15. The van der Waals surface area contributed by atoms with Crippen LogP contribution in [-0.2, 0) is 6.18 Å². The van der Waals surface area contributed by atoms with E-state index in [-0.39, 0.29) is 22.7 Å². The maximum absolute atomic E-state index is 13.3. The van der Waals surface area contributed by atoms with Gasteiger partial charge in [-0.05, 0) is 55.0 Å². The summed E-state index contributed by atoms with van der Waals surface area (Å²) in [5, 5.41) is 11.9. The molecule has 0 saturated heterocycles. The fraction of sp³-hybridized carbons (Fsp3) is 0.100. The van der Waals surface area contributed by atoms with E-state index < -0.39 is 23.5 Å². The lowest BCUT2D eigenvalue weighted by Crippen LogP contribution is -2.29. The molecule has 0 radical (unpaired) electrons. The van der Waals surface area contributed by atoms with E-state index in [1.807, 2.05) is 0 Å². The number of anilines is 1. The minimum absolute atomic E-state index is 0.104. The van der Waals surface area contributed by atoms with Crippen LogP contribution >= 0.6 is 0 Å². The summed E-state index contributed by atoms with van der Waals surface area (Å²) in [5.74, 6) is -1.52. The molecule has 0 fully saturated rings. The number of hydrogen-bond acceptors (Lipinski definition) is 3. The van der Waals surface area contributed by atoms with E-state index in [9.17, 15) is 27.6 Å². The molecule has 150 valence electrons. The van der Waals surface area contributed by atoms with Crippen LogP contribution in [0.5, 0.6) is 11.5 Å². The first-order valence-electron chi connectivity index (χ1n) is 8.30. The molecule has 0 unspecified atom stereocenters. The van der Waals surface area contributed by atoms with Gasteiger partial charge in [0.05, 0.1) is 11.1 Å². The van der Waals surface area contributed by atoms with Crippen molar-refractivity contribution < 1.29 is 37.0 Å². The van der Waals surface area contributed by atoms with E-state index in [4.69, 9.17) is 4.74 Å². The van der Waals surface area contributed by atoms with Crippen molar-refractivity contribution in [2.45, 2.75) is 13.1 Å². The Balaban J connectivity index is 2.00. The number of carbonyl (C=O) groups is 1. The molecule has 0 atom stereocenters. The van der Waals surface area contributed by atoms with Crippen molar-refractivity contribution in [1.82, 2.24) is 0 Å². The van der Waals surface area contributed by atoms with Crippen LogP contribution < -0.4 is 14.8 Å². The molecule has 5 nitrogen and oxygen atoms in total. The highest BCUT2D eigenvalue weighted by Gasteiger charge is 2.32. The molecule has 1 heterocycles. The van der Waals surface area contributed by atoms with Crippen LogP contribution in [0.3, 0.4) is 0 Å². The van der Waals surface area contributed by atoms with Crippen molar-refractivity contribution >= 4 is 11.6 Å². The first-order valence-corrected chi connectivity index (χ1v) is 8.30. The number of pyridine rings is 1. The average Bonchev–Trinajstić information content (AvgIpc) is 2.63. The molecule has 3 aromatic rings. The quantitative estimate of drug-likeness (QED) is 0.374. The van der Waals surface area contributed by atoms with Crippen LogP contribution in [0.25, 0.3) is 0 Å². The summed E-state index contributed by atoms with van der Waals surface area (Å²) in [7, 11) is 0. The van der Waals surface area contributed by atoms with Crippen molar-refractivity contribution in [1.29, 1.82) is 0 Å². The number of nitrogens with zero attached hydrogens (tertiary/aromatic N) is 1. The van der Waals surface area contributed by atoms with Crippen LogP contribution in [0.2, 0.25) is 0 Å². The lowest BCUT2D eigenvalue weighted by molar-refractivity contribution is -0.904. The molecule has 0 saturated carbocycles. The Morgan fingerprint density at radius 2 is 1.86 bits per heavy atom. The van der Waals surface area contributed by atoms with Gasteiger partial charge in [-0.2, -0.15) is 13.2 Å². The van der Waals surface area contributed by atoms with Crippen LogP contribution in [0.15, 0.2) is 60.9 Å². The molecule has 0 aliphatic rings. The standard InChI is InChI=1S/C20H14F4N2O3/c1-12-9-14(21)5-7-17(12)29-18-10-13(20(22,23)24)4-6-16(18)19(27)25-15-3-2-8-26(28)11-15/h2-11H,1H3,(H-,25,27,28)/p+1. The Kier molecular flexibility index (Phi) is 5.40. The van der Waals surface area contributed by atoms with E-state index in [0.29, 0.717) is 16.4 Å². The molecule has 2 aromatic carbocycles. The van der Waals surface area contributed by atoms with Gasteiger partial charge in [0.1, 0.15) is 23.0 Å². The number of rotatable bonds is 4. The number of alkyl halides is 3. The first kappa shape index (κ1) is 20.1. The SMILES string of the molecule is Cc1cc(F)ccc1Oc1cc(C(F)(F)F)ccc1C(=O)Nc1ccc[n+](O)c1. The molecule has 1 amide bonds. The fourth-order valence-electron chi connectivity index (χ4n) is 2.55. The van der Waals surface area contributed by atoms with Gasteiger partial charge < -0.3 is 10.1 Å². The van der Waals surface area contributed by atoms with Crippen LogP contribution in [0.4, 0.5) is 23.2 Å². The maximum Gasteiger partial charge on any atom is 0.416 e. The Morgan fingerprint density at radius 1 is 1.10 bits per heavy atom. The van der Waals surface area contributed by atoms with Crippen molar-refractivity contribution in [2.24, 2.45) is 0 Å². The van der Waals surface area contributed by atoms with Gasteiger partial charge in [-0.3, -0.25) is 10.0 Å². The smallest absolute Gasteiger partial charge is 0.416 e. The molecule has 0 aliphatic carbocycles. The van der Waals surface area contributed by atoms with Gasteiger partial charge in [0.2, 0.25) is 12.4 Å². The first-order chi connectivity index (χ1) is 13.6. The molecule has 9 heteroatoms. The fourth-order valence-corrected chi connectivity index (χ4v) is 2.55. The second kappa shape index (κ2) is 7.78. The van der Waals surface area contributed by atoms with E-state index >= 15 is 0 Å². The second-order valence-electron chi connectivity index (χ2n) is 6.15. The van der Waals surface area contributed by atoms with Crippen LogP contribution in [-0.4, -0.2) is 11.1 Å². The molecule has 3 rings (SSSR count). The Hall–Kier alpha value is -3.62. The normalized spacial score (nSPS) is 11.2. The van der Waals surface area contributed by atoms with E-state index in [1.165, 1.54) is 37.5 Å². The zero-order valence-electron chi connectivity index (χ0n) is 15.0. The summed E-state index contributed by atoms with van der Waals surface area (Å²) < 4.78 is 58.9. The van der Waals surface area contributed by atoms with Gasteiger partial charge in [-0.15, -0.1) is 0 Å². The van der Waals surface area contributed by atoms with E-state index in [0.717, 1.165) is 24.3 Å². The highest BCUT2D eigenvalue weighted by molar-refractivity contribution is 6.06. The molecular weight excluding hydrogens is 392 g/mol. The monoisotopic (exact) mass is 407 g/mol. The third kappa shape index (κ3) is 4.81. The third-order valence-electron chi connectivity index (χ3n) is 3.95. The molecular formula is C20H15F4N2O3+. The van der Waals surface area contributed by atoms with E-state index in [1.54, 1.807) is 0 Å². The number of nitrogens with one attached hydrogen (secondary N) is 1. The zero-order chi connectivity index (χ0) is 21.2. The molecule has 0 aliphatic heterocycles. The molecule has 0 spiro atoms. The summed E-state index contributed by atoms with van der Waals surface area (Å²) in [4.78, 5) is 12.6. The Bertz CT molecular complexity index is 1070. The van der Waals surface area contributed by atoms with Gasteiger partial charge in [0, 0.05) is 10.8 Å². The van der Waals surface area contributed by atoms with Crippen LogP contribution in [0.1, 0.15) is 21.5 Å². The van der Waals surface area contributed by atoms with E-state index in [2.05, 4.69) is 5.32 Å². The van der Waals surface area contributed by atoms with Gasteiger partial charge in [0.25, 0.3) is 5.91 Å². The number of aromatic nitrogens is 1. The van der Waals surface area contributed by atoms with Crippen LogP contribution in [0, 0.1) is 12.7 Å². The number of aryl methyl sites for hydroxylation is 1. The Morgan fingerprint density at radius 3 is 2.52 bits per heavy atom. The maximum atomic E-state index is 13.3. The minimum atomic E-state index is -4.65. The van der Waals surface area contributed by atoms with Crippen molar-refractivity contribution in [3.05, 3.63) is 83.4 Å². The summed E-state index contributed by atoms with van der Waals surface area (Å²) in [5.41, 5.74) is -0.617. The molecule has 29 heavy (non-hydrogen) atoms. The number of carbonyl (C=O) groups excluding carboxylic acids is 1. The van der Waals surface area contributed by atoms with Gasteiger partial charge in [-0.1, -0.05) is 0 Å². The summed E-state index contributed by atoms with van der Waals surface area (Å²) in [6.45, 7) is 1.52. The number of amides is 1. The average molecular weight is 407 g/mol. The number of hydrogen-bond donors (Lipinski definition) is 2. The minimum Gasteiger partial charge on any atom is -0.456 e. The third-order valence-corrected chi connectivity index (χ3v) is 3.95. The van der Waals surface area contributed by atoms with Gasteiger partial charge >= 0.3 is 6.18 Å². The second-order valence-corrected chi connectivity index (χ2v) is 6.15. The number of ether oxygens (including phenoxy) is 1. The highest BCUT2D eigenvalue weighted by Crippen LogP contribution is 2.36. The predicted octanol–water partition coefficient (Wildman–Crippen LogP) is 4.72. The molecule has 1 aromatic heterocycles. The molecule has 2 N–H and O–H groups in total. The summed E-state index contributed by atoms with van der Waals surface area (Å²) in [6, 6.07) is 8.92. The predicted molar refractivity (Wildman–Crippen MR) is 94.4 cm³/mol. The lowest BCUT2D eigenvalue weighted by atomic mass is 10.1.